The lowest BCUT2D eigenvalue weighted by atomic mass is 10.1. The van der Waals surface area contributed by atoms with E-state index in [1.54, 1.807) is 0 Å². The van der Waals surface area contributed by atoms with Crippen molar-refractivity contribution in [3.05, 3.63) is 59.7 Å². The van der Waals surface area contributed by atoms with Gasteiger partial charge in [-0.3, -0.25) is 4.79 Å². The van der Waals surface area contributed by atoms with Gasteiger partial charge in [-0.1, -0.05) is 25.1 Å². The summed E-state index contributed by atoms with van der Waals surface area (Å²) in [5.74, 6) is -0.275. The summed E-state index contributed by atoms with van der Waals surface area (Å²) in [6, 6.07) is 13.2. The third-order valence-corrected chi connectivity index (χ3v) is 5.39. The second-order valence-corrected chi connectivity index (χ2v) is 7.44. The molecule has 1 atom stereocenters. The van der Waals surface area contributed by atoms with Crippen molar-refractivity contribution in [3.8, 4) is 0 Å². The molecule has 0 spiro atoms. The van der Waals surface area contributed by atoms with E-state index in [4.69, 9.17) is 0 Å². The van der Waals surface area contributed by atoms with Gasteiger partial charge in [0, 0.05) is 17.3 Å². The lowest BCUT2D eigenvalue weighted by Gasteiger charge is -2.12. The van der Waals surface area contributed by atoms with Gasteiger partial charge in [0.05, 0.1) is 4.90 Å². The molecular weight excluding hydrogens is 324 g/mol. The first kappa shape index (κ1) is 18.2. The molecule has 1 amide bonds. The van der Waals surface area contributed by atoms with Gasteiger partial charge in [-0.2, -0.15) is 0 Å². The smallest absolute Gasteiger partial charge is 0.255 e. The maximum absolute atomic E-state index is 12.3. The van der Waals surface area contributed by atoms with Crippen molar-refractivity contribution in [3.63, 3.8) is 0 Å². The van der Waals surface area contributed by atoms with E-state index >= 15 is 0 Å². The Labute approximate surface area is 143 Å². The molecule has 2 aromatic carbocycles. The molecule has 0 unspecified atom stereocenters. The number of para-hydroxylation sites is 1. The Balaban J connectivity index is 2.14. The van der Waals surface area contributed by atoms with Crippen molar-refractivity contribution in [2.75, 3.05) is 5.32 Å². The normalized spacial score (nSPS) is 12.6. The average molecular weight is 346 g/mol. The van der Waals surface area contributed by atoms with Crippen LogP contribution in [0.4, 0.5) is 5.69 Å². The van der Waals surface area contributed by atoms with Crippen LogP contribution >= 0.6 is 0 Å². The molecule has 128 valence electrons. The molecule has 0 saturated carbocycles. The van der Waals surface area contributed by atoms with Crippen LogP contribution in [-0.4, -0.2) is 20.4 Å². The topological polar surface area (TPSA) is 75.3 Å². The minimum atomic E-state index is -3.56. The maximum atomic E-state index is 12.3. The Morgan fingerprint density at radius 1 is 1.08 bits per heavy atom. The summed E-state index contributed by atoms with van der Waals surface area (Å²) in [5.41, 5.74) is 2.10. The first-order valence-corrected chi connectivity index (χ1v) is 9.31. The molecule has 0 aromatic heterocycles. The van der Waals surface area contributed by atoms with Crippen molar-refractivity contribution in [1.82, 2.24) is 4.72 Å². The quantitative estimate of drug-likeness (QED) is 0.842. The van der Waals surface area contributed by atoms with Gasteiger partial charge in [-0.25, -0.2) is 13.1 Å². The van der Waals surface area contributed by atoms with Crippen LogP contribution in [0.5, 0.6) is 0 Å². The molecule has 0 aliphatic rings. The first-order valence-electron chi connectivity index (χ1n) is 7.83. The standard InChI is InChI=1S/C18H22N2O3S/c1-4-14(3)20-24(22,23)16-11-9-15(10-12-16)18(21)19-17-8-6-5-7-13(17)2/h5-12,14,20H,4H2,1-3H3,(H,19,21)/t14-/m0/s1. The highest BCUT2D eigenvalue weighted by atomic mass is 32.2. The predicted octanol–water partition coefficient (Wildman–Crippen LogP) is 3.32. The monoisotopic (exact) mass is 346 g/mol. The van der Waals surface area contributed by atoms with E-state index in [9.17, 15) is 13.2 Å². The Morgan fingerprint density at radius 2 is 1.71 bits per heavy atom. The minimum Gasteiger partial charge on any atom is -0.322 e. The highest BCUT2D eigenvalue weighted by molar-refractivity contribution is 7.89. The minimum absolute atomic E-state index is 0.140. The van der Waals surface area contributed by atoms with Crippen LogP contribution < -0.4 is 10.0 Å². The van der Waals surface area contributed by atoms with Gasteiger partial charge in [0.1, 0.15) is 0 Å². The summed E-state index contributed by atoms with van der Waals surface area (Å²) in [6.07, 6.45) is 0.705. The zero-order valence-corrected chi connectivity index (χ0v) is 14.9. The van der Waals surface area contributed by atoms with Crippen LogP contribution in [0.1, 0.15) is 36.2 Å². The molecule has 0 fully saturated rings. The summed E-state index contributed by atoms with van der Waals surface area (Å²) < 4.78 is 27.0. The Morgan fingerprint density at radius 3 is 2.29 bits per heavy atom. The van der Waals surface area contributed by atoms with Crippen molar-refractivity contribution in [2.45, 2.75) is 38.1 Å². The Kier molecular flexibility index (Phi) is 5.75. The van der Waals surface area contributed by atoms with E-state index in [-0.39, 0.29) is 16.8 Å². The first-order chi connectivity index (χ1) is 11.3. The van der Waals surface area contributed by atoms with Crippen LogP contribution in [0, 0.1) is 6.92 Å². The lowest BCUT2D eigenvalue weighted by molar-refractivity contribution is 0.102. The van der Waals surface area contributed by atoms with Gasteiger partial charge in [-0.05, 0) is 56.2 Å². The molecule has 6 heteroatoms. The molecule has 24 heavy (non-hydrogen) atoms. The molecule has 0 radical (unpaired) electrons. The van der Waals surface area contributed by atoms with E-state index < -0.39 is 10.0 Å². The number of hydrogen-bond acceptors (Lipinski definition) is 3. The lowest BCUT2D eigenvalue weighted by Crippen LogP contribution is -2.32. The van der Waals surface area contributed by atoms with E-state index in [2.05, 4.69) is 10.0 Å². The van der Waals surface area contributed by atoms with Crippen LogP contribution in [0.2, 0.25) is 0 Å². The van der Waals surface area contributed by atoms with Crippen LogP contribution in [-0.2, 0) is 10.0 Å². The molecule has 0 aliphatic heterocycles. The van der Waals surface area contributed by atoms with Crippen LogP contribution in [0.3, 0.4) is 0 Å². The zero-order chi connectivity index (χ0) is 17.7. The van der Waals surface area contributed by atoms with Crippen LogP contribution in [0.15, 0.2) is 53.4 Å². The van der Waals surface area contributed by atoms with Gasteiger partial charge in [-0.15, -0.1) is 0 Å². The van der Waals surface area contributed by atoms with E-state index in [0.29, 0.717) is 12.0 Å². The summed E-state index contributed by atoms with van der Waals surface area (Å²) in [7, 11) is -3.56. The molecule has 2 aromatic rings. The number of nitrogens with one attached hydrogen (secondary N) is 2. The molecule has 2 rings (SSSR count). The van der Waals surface area contributed by atoms with Crippen LogP contribution in [0.25, 0.3) is 0 Å². The SMILES string of the molecule is CC[C@H](C)NS(=O)(=O)c1ccc(C(=O)Nc2ccccc2C)cc1. The summed E-state index contributed by atoms with van der Waals surface area (Å²) >= 11 is 0. The molecule has 0 saturated heterocycles. The van der Waals surface area contributed by atoms with E-state index in [1.165, 1.54) is 24.3 Å². The summed E-state index contributed by atoms with van der Waals surface area (Å²) in [5, 5.41) is 2.82. The highest BCUT2D eigenvalue weighted by Gasteiger charge is 2.17. The zero-order valence-electron chi connectivity index (χ0n) is 14.0. The van der Waals surface area contributed by atoms with Crippen molar-refractivity contribution in [1.29, 1.82) is 0 Å². The number of hydrogen-bond donors (Lipinski definition) is 2. The largest absolute Gasteiger partial charge is 0.322 e. The predicted molar refractivity (Wildman–Crippen MR) is 95.6 cm³/mol. The van der Waals surface area contributed by atoms with Crippen molar-refractivity contribution < 1.29 is 13.2 Å². The Hall–Kier alpha value is -2.18. The molecular formula is C18H22N2O3S. The number of anilines is 1. The van der Waals surface area contributed by atoms with Crippen molar-refractivity contribution >= 4 is 21.6 Å². The molecule has 0 heterocycles. The van der Waals surface area contributed by atoms with Gasteiger partial charge in [0.15, 0.2) is 0 Å². The highest BCUT2D eigenvalue weighted by Crippen LogP contribution is 2.16. The maximum Gasteiger partial charge on any atom is 0.255 e. The number of sulfonamides is 1. The third kappa shape index (κ3) is 4.43. The van der Waals surface area contributed by atoms with Gasteiger partial charge >= 0.3 is 0 Å². The second-order valence-electron chi connectivity index (χ2n) is 5.72. The number of rotatable bonds is 6. The number of carbonyl (C=O) groups excluding carboxylic acids is 1. The summed E-state index contributed by atoms with van der Waals surface area (Å²) in [6.45, 7) is 5.62. The molecule has 0 aliphatic carbocycles. The van der Waals surface area contributed by atoms with Crippen molar-refractivity contribution in [2.24, 2.45) is 0 Å². The fourth-order valence-corrected chi connectivity index (χ4v) is 3.44. The van der Waals surface area contributed by atoms with Gasteiger partial charge in [0.2, 0.25) is 10.0 Å². The molecule has 0 bridgehead atoms. The van der Waals surface area contributed by atoms with E-state index in [0.717, 1.165) is 11.3 Å². The number of carbonyl (C=O) groups is 1. The number of amides is 1. The summed E-state index contributed by atoms with van der Waals surface area (Å²) in [4.78, 5) is 12.4. The molecule has 5 nitrogen and oxygen atoms in total. The van der Waals surface area contributed by atoms with Gasteiger partial charge < -0.3 is 5.32 Å². The Bertz CT molecular complexity index is 814. The number of benzene rings is 2. The third-order valence-electron chi connectivity index (χ3n) is 3.79. The second kappa shape index (κ2) is 7.59. The van der Waals surface area contributed by atoms with E-state index in [1.807, 2.05) is 45.0 Å². The average Bonchev–Trinajstić information content (AvgIpc) is 2.56. The fourth-order valence-electron chi connectivity index (χ4n) is 2.11. The van der Waals surface area contributed by atoms with Gasteiger partial charge in [0.25, 0.3) is 5.91 Å². The molecule has 2 N–H and O–H groups in total. The number of aryl methyl sites for hydroxylation is 1. The fraction of sp³-hybridized carbons (Fsp3) is 0.278.